The summed E-state index contributed by atoms with van der Waals surface area (Å²) in [5.41, 5.74) is -0.642. The molecule has 61 heavy (non-hydrogen) atoms. The summed E-state index contributed by atoms with van der Waals surface area (Å²) in [5, 5.41) is 141. The molecule has 7 rings (SSSR count). The van der Waals surface area contributed by atoms with Gasteiger partial charge in [-0.05, 0) is 24.6 Å². The summed E-state index contributed by atoms with van der Waals surface area (Å²) in [7, 11) is 2.52. The number of aromatic hydroxyl groups is 7. The molecule has 0 saturated carbocycles. The lowest BCUT2D eigenvalue weighted by Crippen LogP contribution is -2.60. The molecule has 1 saturated heterocycles. The van der Waals surface area contributed by atoms with Crippen molar-refractivity contribution in [1.82, 2.24) is 0 Å². The largest absolute Gasteiger partial charge is 0.507 e. The number of phenols is 7. The van der Waals surface area contributed by atoms with E-state index >= 15 is 0 Å². The zero-order chi connectivity index (χ0) is 44.3. The highest BCUT2D eigenvalue weighted by molar-refractivity contribution is 5.94. The fourth-order valence-corrected chi connectivity index (χ4v) is 7.87. The molecule has 0 aliphatic carbocycles. The molecular formula is C42H45O19+. The van der Waals surface area contributed by atoms with Crippen molar-refractivity contribution in [2.24, 2.45) is 0 Å². The van der Waals surface area contributed by atoms with Crippen molar-refractivity contribution in [3.05, 3.63) is 70.3 Å². The smallest absolute Gasteiger partial charge is 0.402 e. The van der Waals surface area contributed by atoms with Crippen molar-refractivity contribution in [2.75, 3.05) is 20.8 Å². The van der Waals surface area contributed by atoms with Crippen LogP contribution in [-0.4, -0.2) is 124 Å². The van der Waals surface area contributed by atoms with Gasteiger partial charge in [0.2, 0.25) is 17.8 Å². The molecule has 9 atom stereocenters. The molecule has 3 heterocycles. The van der Waals surface area contributed by atoms with Gasteiger partial charge in [-0.3, -0.25) is 0 Å². The lowest BCUT2D eigenvalue weighted by molar-refractivity contribution is -0.277. The standard InChI is InChI=1S/C42H44O19/c1-14(29-23(48)12-21(46)18-10-24(49)38(60-40(18)29)16-5-6-20(45)22(47)7-16)30-35(53)31(15(2)44)32(50)19-11-27(58-42-37(55)36(54)34(52)28(13-43)59-42)39(61-41(19)30)17-8-25(56-3)33(51)26(9-17)57-4/h5-9,11-12,14-15,24,28,34,36-38,42-44,49,52,54-55H,10,13H2,1-4H3,(H6-,45,46,47,48,50,51,53)/p+1/t14?,15?,24-,28-,34-,36+,37-,38-,42-/m1/s1. The monoisotopic (exact) mass is 853 g/mol. The van der Waals surface area contributed by atoms with Gasteiger partial charge in [0.15, 0.2) is 23.0 Å². The molecule has 2 aliphatic heterocycles. The normalized spacial score (nSPS) is 23.5. The van der Waals surface area contributed by atoms with Crippen LogP contribution in [-0.2, 0) is 11.2 Å². The highest BCUT2D eigenvalue weighted by atomic mass is 16.7. The van der Waals surface area contributed by atoms with E-state index in [-0.39, 0.29) is 74.0 Å². The molecule has 326 valence electrons. The average Bonchev–Trinajstić information content (AvgIpc) is 3.22. The molecular weight excluding hydrogens is 808 g/mol. The van der Waals surface area contributed by atoms with Crippen molar-refractivity contribution < 1.29 is 94.5 Å². The van der Waals surface area contributed by atoms with Crippen LogP contribution < -0.4 is 18.9 Å². The number of rotatable bonds is 10. The number of phenolic OH excluding ortho intramolecular Hbond substituents is 7. The predicted octanol–water partition coefficient (Wildman–Crippen LogP) is 2.76. The molecule has 19 heteroatoms. The first kappa shape index (κ1) is 42.9. The SMILES string of the molecule is COc1cc(-c2[o+]c3c(C(C)c4c(O)cc(O)c5c4O[C@H](c4ccc(O)c(O)c4)[C@H](O)C5)c(O)c(C(C)O)c(O)c3cc2O[C@@H]2O[C@H](CO)[C@@H](O)[C@H](O)[C@H]2O)cc(OC)c1O. The van der Waals surface area contributed by atoms with Crippen molar-refractivity contribution >= 4 is 11.0 Å². The topological polar surface area (TPSA) is 320 Å². The van der Waals surface area contributed by atoms with E-state index in [2.05, 4.69) is 0 Å². The lowest BCUT2D eigenvalue weighted by atomic mass is 9.83. The van der Waals surface area contributed by atoms with Crippen LogP contribution in [0.25, 0.3) is 22.3 Å². The number of benzene rings is 4. The van der Waals surface area contributed by atoms with Gasteiger partial charge < -0.3 is 90.1 Å². The van der Waals surface area contributed by atoms with Gasteiger partial charge in [0, 0.05) is 47.7 Å². The Morgan fingerprint density at radius 3 is 2.00 bits per heavy atom. The van der Waals surface area contributed by atoms with Crippen LogP contribution >= 0.6 is 0 Å². The molecule has 1 aromatic heterocycles. The van der Waals surface area contributed by atoms with E-state index in [1.807, 2.05) is 0 Å². The van der Waals surface area contributed by atoms with E-state index in [1.165, 1.54) is 64.5 Å². The molecule has 2 unspecified atom stereocenters. The summed E-state index contributed by atoms with van der Waals surface area (Å²) in [6.07, 6.45) is -13.0. The highest BCUT2D eigenvalue weighted by Gasteiger charge is 2.47. The Kier molecular flexibility index (Phi) is 11.5. The predicted molar refractivity (Wildman–Crippen MR) is 209 cm³/mol. The molecule has 19 nitrogen and oxygen atoms in total. The van der Waals surface area contributed by atoms with Gasteiger partial charge in [-0.25, -0.2) is 4.42 Å². The van der Waals surface area contributed by atoms with Crippen LogP contribution in [0.2, 0.25) is 0 Å². The van der Waals surface area contributed by atoms with Gasteiger partial charge in [0.1, 0.15) is 70.2 Å². The lowest BCUT2D eigenvalue weighted by Gasteiger charge is -2.39. The van der Waals surface area contributed by atoms with Crippen LogP contribution in [0.1, 0.15) is 59.8 Å². The zero-order valence-electron chi connectivity index (χ0n) is 32.9. The third-order valence-corrected chi connectivity index (χ3v) is 11.0. The molecule has 1 fully saturated rings. The van der Waals surface area contributed by atoms with Gasteiger partial charge >= 0.3 is 11.3 Å². The Balaban J connectivity index is 1.50. The van der Waals surface area contributed by atoms with E-state index in [4.69, 9.17) is 28.1 Å². The van der Waals surface area contributed by atoms with E-state index in [1.54, 1.807) is 0 Å². The van der Waals surface area contributed by atoms with Crippen molar-refractivity contribution in [1.29, 1.82) is 0 Å². The van der Waals surface area contributed by atoms with E-state index in [9.17, 15) is 66.4 Å². The van der Waals surface area contributed by atoms with Crippen molar-refractivity contribution in [3.63, 3.8) is 0 Å². The third kappa shape index (κ3) is 7.28. The second-order valence-electron chi connectivity index (χ2n) is 14.8. The molecule has 0 amide bonds. The molecule has 5 aromatic rings. The maximum Gasteiger partial charge on any atom is 0.402 e. The maximum atomic E-state index is 12.0. The minimum absolute atomic E-state index is 0.0485. The second kappa shape index (κ2) is 16.3. The molecule has 4 aromatic carbocycles. The summed E-state index contributed by atoms with van der Waals surface area (Å²) in [5.74, 6) is -6.00. The average molecular weight is 854 g/mol. The molecule has 2 aliphatic rings. The number of methoxy groups -OCH3 is 2. The quantitative estimate of drug-likeness (QED) is 0.0709. The first-order valence-corrected chi connectivity index (χ1v) is 18.9. The number of hydrogen-bond acceptors (Lipinski definition) is 18. The summed E-state index contributed by atoms with van der Waals surface area (Å²) in [4.78, 5) is 0. The third-order valence-electron chi connectivity index (χ3n) is 11.0. The van der Waals surface area contributed by atoms with Crippen LogP contribution in [0.4, 0.5) is 0 Å². The Morgan fingerprint density at radius 2 is 1.39 bits per heavy atom. The van der Waals surface area contributed by atoms with Gasteiger partial charge in [0.05, 0.1) is 44.2 Å². The van der Waals surface area contributed by atoms with E-state index < -0.39 is 107 Å². The number of ether oxygens (including phenoxy) is 5. The van der Waals surface area contributed by atoms with Gasteiger partial charge in [-0.1, -0.05) is 13.0 Å². The Morgan fingerprint density at radius 1 is 0.721 bits per heavy atom. The summed E-state index contributed by atoms with van der Waals surface area (Å²) in [6, 6.07) is 8.55. The Labute approximate surface area is 345 Å². The van der Waals surface area contributed by atoms with Gasteiger partial charge in [0.25, 0.3) is 0 Å². The fraction of sp³-hybridized carbons (Fsp3) is 0.357. The summed E-state index contributed by atoms with van der Waals surface area (Å²) >= 11 is 0. The maximum absolute atomic E-state index is 12.0. The number of fused-ring (bicyclic) bond motifs is 2. The van der Waals surface area contributed by atoms with Crippen LogP contribution in [0, 0.1) is 0 Å². The molecule has 0 bridgehead atoms. The van der Waals surface area contributed by atoms with Crippen LogP contribution in [0.15, 0.2) is 46.9 Å². The zero-order valence-corrected chi connectivity index (χ0v) is 32.9. The molecule has 0 radical (unpaired) electrons. The number of aliphatic hydroxyl groups excluding tert-OH is 6. The highest BCUT2D eigenvalue weighted by Crippen LogP contribution is 2.55. The van der Waals surface area contributed by atoms with Gasteiger partial charge in [-0.15, -0.1) is 0 Å². The summed E-state index contributed by atoms with van der Waals surface area (Å²) < 4.78 is 35.2. The van der Waals surface area contributed by atoms with E-state index in [0.29, 0.717) is 0 Å². The van der Waals surface area contributed by atoms with Crippen LogP contribution in [0.3, 0.4) is 0 Å². The first-order chi connectivity index (χ1) is 28.9. The van der Waals surface area contributed by atoms with Crippen molar-refractivity contribution in [3.8, 4) is 74.6 Å². The first-order valence-electron chi connectivity index (χ1n) is 18.9. The Hall–Kier alpha value is -6.19. The minimum atomic E-state index is -1.92. The fourth-order valence-electron chi connectivity index (χ4n) is 7.87. The Bertz CT molecular complexity index is 2460. The molecule has 0 spiro atoms. The van der Waals surface area contributed by atoms with Gasteiger partial charge in [-0.2, -0.15) is 0 Å². The van der Waals surface area contributed by atoms with Crippen LogP contribution in [0.5, 0.6) is 63.2 Å². The number of hydrogen-bond donors (Lipinski definition) is 13. The second-order valence-corrected chi connectivity index (χ2v) is 14.8. The van der Waals surface area contributed by atoms with E-state index in [0.717, 1.165) is 6.07 Å². The number of aliphatic hydroxyl groups is 6. The molecule has 13 N–H and O–H groups in total. The summed E-state index contributed by atoms with van der Waals surface area (Å²) in [6.45, 7) is 1.96. The van der Waals surface area contributed by atoms with Crippen molar-refractivity contribution in [2.45, 2.75) is 75.2 Å². The minimum Gasteiger partial charge on any atom is -0.507 e.